The van der Waals surface area contributed by atoms with E-state index in [-0.39, 0.29) is 35.7 Å². The summed E-state index contributed by atoms with van der Waals surface area (Å²) in [4.78, 5) is 14.0. The maximum Gasteiger partial charge on any atom is 0.317 e. The van der Waals surface area contributed by atoms with Gasteiger partial charge in [0.25, 0.3) is 0 Å². The average Bonchev–Trinajstić information content (AvgIpc) is 2.73. The SMILES string of the molecule is CC=Cc1ccc2c(c1)O[C@H](CN(C)C(=O)NCCC)[C@H](C)CN([C@H](C)CO)S2(=O)=O. The van der Waals surface area contributed by atoms with Gasteiger partial charge in [-0.15, -0.1) is 0 Å². The smallest absolute Gasteiger partial charge is 0.317 e. The second kappa shape index (κ2) is 11.0. The molecule has 0 unspecified atom stereocenters. The molecular weight excluding hydrogens is 418 g/mol. The van der Waals surface area contributed by atoms with Gasteiger partial charge in [-0.05, 0) is 38.0 Å². The zero-order chi connectivity index (χ0) is 23.2. The molecule has 0 saturated heterocycles. The molecule has 31 heavy (non-hydrogen) atoms. The van der Waals surface area contributed by atoms with Crippen LogP contribution < -0.4 is 10.1 Å². The Labute approximate surface area is 185 Å². The number of carbonyl (C=O) groups is 1. The molecule has 9 heteroatoms. The Hall–Kier alpha value is -2.10. The first-order valence-electron chi connectivity index (χ1n) is 10.7. The molecule has 1 aromatic carbocycles. The predicted molar refractivity (Wildman–Crippen MR) is 121 cm³/mol. The second-order valence-electron chi connectivity index (χ2n) is 8.06. The molecule has 1 aliphatic rings. The lowest BCUT2D eigenvalue weighted by Crippen LogP contribution is -2.51. The van der Waals surface area contributed by atoms with Gasteiger partial charge in [0.1, 0.15) is 16.7 Å². The second-order valence-corrected chi connectivity index (χ2v) is 9.92. The number of sulfonamides is 1. The summed E-state index contributed by atoms with van der Waals surface area (Å²) in [6.45, 7) is 8.21. The summed E-state index contributed by atoms with van der Waals surface area (Å²) < 4.78 is 34.3. The third-order valence-corrected chi connectivity index (χ3v) is 7.40. The molecule has 1 aromatic rings. The van der Waals surface area contributed by atoms with Crippen molar-refractivity contribution in [2.45, 2.75) is 51.2 Å². The highest BCUT2D eigenvalue weighted by Crippen LogP contribution is 2.34. The molecule has 0 fully saturated rings. The molecule has 0 spiro atoms. The highest BCUT2D eigenvalue weighted by Gasteiger charge is 2.38. The Morgan fingerprint density at radius 3 is 2.77 bits per heavy atom. The van der Waals surface area contributed by atoms with E-state index in [1.165, 1.54) is 4.31 Å². The molecule has 8 nitrogen and oxygen atoms in total. The maximum atomic E-state index is 13.4. The number of rotatable bonds is 7. The van der Waals surface area contributed by atoms with Crippen LogP contribution in [-0.2, 0) is 10.0 Å². The summed E-state index contributed by atoms with van der Waals surface area (Å²) in [5, 5.41) is 12.5. The summed E-state index contributed by atoms with van der Waals surface area (Å²) >= 11 is 0. The number of amides is 2. The van der Waals surface area contributed by atoms with Gasteiger partial charge in [-0.1, -0.05) is 32.1 Å². The molecule has 0 aliphatic carbocycles. The summed E-state index contributed by atoms with van der Waals surface area (Å²) in [5.41, 5.74) is 0.819. The van der Waals surface area contributed by atoms with Crippen LogP contribution in [0, 0.1) is 5.92 Å². The largest absolute Gasteiger partial charge is 0.487 e. The standard InChI is InChI=1S/C22H35N3O5S/c1-6-8-18-9-10-21-19(12-18)30-20(14-24(5)22(27)23-11-7-2)16(3)13-25(17(4)15-26)31(21,28)29/h6,8-10,12,16-17,20,26H,7,11,13-15H2,1-5H3,(H,23,27)/t16-,17-,20-/m1/s1. The van der Waals surface area contributed by atoms with Crippen molar-refractivity contribution >= 4 is 22.1 Å². The van der Waals surface area contributed by atoms with Gasteiger partial charge in [0.15, 0.2) is 0 Å². The lowest BCUT2D eigenvalue weighted by atomic mass is 10.0. The van der Waals surface area contributed by atoms with Crippen LogP contribution in [0.25, 0.3) is 6.08 Å². The van der Waals surface area contributed by atoms with E-state index < -0.39 is 22.2 Å². The molecule has 0 radical (unpaired) electrons. The Morgan fingerprint density at radius 2 is 2.16 bits per heavy atom. The number of hydrogen-bond acceptors (Lipinski definition) is 5. The van der Waals surface area contributed by atoms with E-state index in [1.54, 1.807) is 37.1 Å². The van der Waals surface area contributed by atoms with Gasteiger partial charge < -0.3 is 20.1 Å². The number of benzene rings is 1. The van der Waals surface area contributed by atoms with E-state index in [0.717, 1.165) is 12.0 Å². The number of nitrogens with zero attached hydrogens (tertiary/aromatic N) is 2. The van der Waals surface area contributed by atoms with E-state index in [2.05, 4.69) is 5.32 Å². The number of aliphatic hydroxyl groups excluding tert-OH is 1. The van der Waals surface area contributed by atoms with Crippen molar-refractivity contribution in [1.82, 2.24) is 14.5 Å². The Balaban J connectivity index is 2.47. The number of hydrogen-bond donors (Lipinski definition) is 2. The molecule has 0 bridgehead atoms. The monoisotopic (exact) mass is 453 g/mol. The van der Waals surface area contributed by atoms with E-state index in [0.29, 0.717) is 13.1 Å². The molecular formula is C22H35N3O5S. The first-order chi connectivity index (χ1) is 14.6. The van der Waals surface area contributed by atoms with E-state index in [1.807, 2.05) is 32.9 Å². The van der Waals surface area contributed by atoms with Crippen LogP contribution in [0.15, 0.2) is 29.2 Å². The number of fused-ring (bicyclic) bond motifs is 1. The van der Waals surface area contributed by atoms with Crippen LogP contribution in [0.1, 0.15) is 39.7 Å². The van der Waals surface area contributed by atoms with Crippen LogP contribution in [0.3, 0.4) is 0 Å². The summed E-state index contributed by atoms with van der Waals surface area (Å²) in [5.74, 6) is 0.0355. The van der Waals surface area contributed by atoms with Crippen LogP contribution in [0.5, 0.6) is 5.75 Å². The molecule has 3 atom stereocenters. The van der Waals surface area contributed by atoms with E-state index >= 15 is 0 Å². The Kier molecular flexibility index (Phi) is 8.90. The fourth-order valence-electron chi connectivity index (χ4n) is 3.48. The first-order valence-corrected chi connectivity index (χ1v) is 12.1. The lowest BCUT2D eigenvalue weighted by molar-refractivity contribution is 0.0812. The third kappa shape index (κ3) is 5.99. The summed E-state index contributed by atoms with van der Waals surface area (Å²) in [6, 6.07) is 4.19. The lowest BCUT2D eigenvalue weighted by Gasteiger charge is -2.37. The Morgan fingerprint density at radius 1 is 1.45 bits per heavy atom. The van der Waals surface area contributed by atoms with Crippen molar-refractivity contribution in [2.75, 3.05) is 33.3 Å². The minimum absolute atomic E-state index is 0.0658. The number of urea groups is 1. The van der Waals surface area contributed by atoms with E-state index in [9.17, 15) is 18.3 Å². The van der Waals surface area contributed by atoms with Crippen LogP contribution >= 0.6 is 0 Å². The van der Waals surface area contributed by atoms with Crippen molar-refractivity contribution in [2.24, 2.45) is 5.92 Å². The molecule has 0 aromatic heterocycles. The highest BCUT2D eigenvalue weighted by molar-refractivity contribution is 7.89. The van der Waals surface area contributed by atoms with Crippen molar-refractivity contribution in [3.05, 3.63) is 29.8 Å². The topological polar surface area (TPSA) is 99.2 Å². The zero-order valence-electron chi connectivity index (χ0n) is 19.0. The molecule has 2 rings (SSSR count). The number of allylic oxidation sites excluding steroid dienone is 1. The van der Waals surface area contributed by atoms with Crippen molar-refractivity contribution in [1.29, 1.82) is 0 Å². The number of ether oxygens (including phenoxy) is 1. The fourth-order valence-corrected chi connectivity index (χ4v) is 5.30. The molecule has 1 aliphatic heterocycles. The minimum atomic E-state index is -3.87. The summed E-state index contributed by atoms with van der Waals surface area (Å²) in [7, 11) is -2.17. The van der Waals surface area contributed by atoms with Crippen LogP contribution in [0.2, 0.25) is 0 Å². The van der Waals surface area contributed by atoms with E-state index in [4.69, 9.17) is 4.74 Å². The van der Waals surface area contributed by atoms with Crippen molar-refractivity contribution in [3.8, 4) is 5.75 Å². The van der Waals surface area contributed by atoms with Crippen LogP contribution in [0.4, 0.5) is 4.79 Å². The van der Waals surface area contributed by atoms with Gasteiger partial charge in [0, 0.05) is 32.1 Å². The minimum Gasteiger partial charge on any atom is -0.487 e. The van der Waals surface area contributed by atoms with Gasteiger partial charge in [-0.3, -0.25) is 0 Å². The van der Waals surface area contributed by atoms with Gasteiger partial charge in [-0.25, -0.2) is 13.2 Å². The maximum absolute atomic E-state index is 13.4. The third-order valence-electron chi connectivity index (χ3n) is 5.38. The predicted octanol–water partition coefficient (Wildman–Crippen LogP) is 2.54. The molecule has 2 N–H and O–H groups in total. The molecule has 1 heterocycles. The molecule has 0 saturated carbocycles. The number of nitrogens with one attached hydrogen (secondary N) is 1. The number of likely N-dealkylation sites (N-methyl/N-ethyl adjacent to an activating group) is 1. The zero-order valence-corrected chi connectivity index (χ0v) is 19.9. The van der Waals surface area contributed by atoms with Crippen LogP contribution in [-0.4, -0.2) is 74.2 Å². The normalized spacial score (nSPS) is 22.1. The quantitative estimate of drug-likeness (QED) is 0.661. The average molecular weight is 454 g/mol. The number of aliphatic hydroxyl groups is 1. The highest BCUT2D eigenvalue weighted by atomic mass is 32.2. The Bertz CT molecular complexity index is 887. The molecule has 174 valence electrons. The molecule has 2 amide bonds. The van der Waals surface area contributed by atoms with Gasteiger partial charge in [0.2, 0.25) is 10.0 Å². The fraction of sp³-hybridized carbons (Fsp3) is 0.591. The number of carbonyl (C=O) groups excluding carboxylic acids is 1. The van der Waals surface area contributed by atoms with Crippen molar-refractivity contribution in [3.63, 3.8) is 0 Å². The summed E-state index contributed by atoms with van der Waals surface area (Å²) in [6.07, 6.45) is 4.14. The van der Waals surface area contributed by atoms with Gasteiger partial charge >= 0.3 is 6.03 Å². The van der Waals surface area contributed by atoms with Gasteiger partial charge in [-0.2, -0.15) is 4.31 Å². The van der Waals surface area contributed by atoms with Crippen molar-refractivity contribution < 1.29 is 23.1 Å². The van der Waals surface area contributed by atoms with Gasteiger partial charge in [0.05, 0.1) is 13.2 Å². The first kappa shape index (κ1) is 25.2.